The van der Waals surface area contributed by atoms with Crippen molar-refractivity contribution in [2.24, 2.45) is 5.10 Å². The molecule has 154 valence electrons. The summed E-state index contributed by atoms with van der Waals surface area (Å²) in [6, 6.07) is 9.60. The molecule has 0 aromatic heterocycles. The second kappa shape index (κ2) is 8.84. The summed E-state index contributed by atoms with van der Waals surface area (Å²) < 4.78 is 11.1. The van der Waals surface area contributed by atoms with Crippen LogP contribution in [0.5, 0.6) is 11.5 Å². The maximum atomic E-state index is 13.0. The van der Waals surface area contributed by atoms with Crippen LogP contribution in [0.1, 0.15) is 22.8 Å². The van der Waals surface area contributed by atoms with E-state index >= 15 is 0 Å². The summed E-state index contributed by atoms with van der Waals surface area (Å²) in [4.78, 5) is 24.4. The minimum Gasteiger partial charge on any atom is -0.493 e. The molecule has 1 aliphatic heterocycles. The molecule has 2 aromatic rings. The van der Waals surface area contributed by atoms with Gasteiger partial charge in [0.2, 0.25) is 0 Å². The van der Waals surface area contributed by atoms with Crippen LogP contribution in [0.3, 0.4) is 0 Å². The van der Waals surface area contributed by atoms with E-state index in [1.54, 1.807) is 37.3 Å². The summed E-state index contributed by atoms with van der Waals surface area (Å²) in [5.41, 5.74) is 1.65. The van der Waals surface area contributed by atoms with Gasteiger partial charge in [0.25, 0.3) is 5.91 Å². The predicted octanol–water partition coefficient (Wildman–Crippen LogP) is 4.42. The summed E-state index contributed by atoms with van der Waals surface area (Å²) in [6.45, 7) is 5.61. The van der Waals surface area contributed by atoms with Gasteiger partial charge in [0, 0.05) is 5.56 Å². The van der Waals surface area contributed by atoms with E-state index in [1.165, 1.54) is 25.3 Å². The molecule has 0 radical (unpaired) electrons. The molecule has 7 nitrogen and oxygen atoms in total. The van der Waals surface area contributed by atoms with Crippen LogP contribution in [-0.4, -0.2) is 36.4 Å². The van der Waals surface area contributed by atoms with Gasteiger partial charge in [0.15, 0.2) is 11.5 Å². The zero-order chi connectivity index (χ0) is 21.8. The van der Waals surface area contributed by atoms with Crippen LogP contribution in [0.4, 0.5) is 5.69 Å². The van der Waals surface area contributed by atoms with E-state index in [0.717, 1.165) is 5.01 Å². The van der Waals surface area contributed by atoms with Gasteiger partial charge in [-0.15, -0.1) is 0 Å². The Labute approximate surface area is 178 Å². The molecular weight excluding hydrogens is 408 g/mol. The summed E-state index contributed by atoms with van der Waals surface area (Å²) in [5, 5.41) is 14.8. The molecule has 2 aromatic carbocycles. The lowest BCUT2D eigenvalue weighted by Gasteiger charge is -2.14. The maximum Gasteiger partial charge on any atom is 0.337 e. The lowest BCUT2D eigenvalue weighted by atomic mass is 10.1. The molecule has 1 N–H and O–H groups in total. The van der Waals surface area contributed by atoms with Gasteiger partial charge in [-0.3, -0.25) is 4.79 Å². The van der Waals surface area contributed by atoms with Crippen LogP contribution in [-0.2, 0) is 4.79 Å². The van der Waals surface area contributed by atoms with E-state index < -0.39 is 11.9 Å². The highest BCUT2D eigenvalue weighted by Gasteiger charge is 2.30. The normalized spacial score (nSPS) is 14.6. The third-order valence-corrected chi connectivity index (χ3v) is 4.69. The number of ether oxygens (including phenoxy) is 2. The molecule has 1 amide bonds. The molecule has 8 heteroatoms. The van der Waals surface area contributed by atoms with Crippen LogP contribution in [0, 0.1) is 0 Å². The van der Waals surface area contributed by atoms with Crippen molar-refractivity contribution in [1.82, 2.24) is 0 Å². The first kappa shape index (κ1) is 21.1. The van der Waals surface area contributed by atoms with Gasteiger partial charge in [0.05, 0.1) is 34.7 Å². The number of anilines is 1. The van der Waals surface area contributed by atoms with Crippen molar-refractivity contribution in [2.45, 2.75) is 6.92 Å². The number of carbonyl (C=O) groups is 2. The lowest BCUT2D eigenvalue weighted by molar-refractivity contribution is -0.114. The number of carboxylic acids is 1. The molecule has 0 atom stereocenters. The molecule has 0 spiro atoms. The number of amides is 1. The van der Waals surface area contributed by atoms with Crippen molar-refractivity contribution in [3.63, 3.8) is 0 Å². The van der Waals surface area contributed by atoms with Crippen LogP contribution >= 0.6 is 11.6 Å². The summed E-state index contributed by atoms with van der Waals surface area (Å²) >= 11 is 5.92. The summed E-state index contributed by atoms with van der Waals surface area (Å²) in [7, 11) is 1.53. The quantitative estimate of drug-likeness (QED) is 0.523. The van der Waals surface area contributed by atoms with E-state index in [2.05, 4.69) is 11.7 Å². The van der Waals surface area contributed by atoms with Crippen molar-refractivity contribution in [1.29, 1.82) is 0 Å². The first-order valence-corrected chi connectivity index (χ1v) is 9.30. The van der Waals surface area contributed by atoms with Gasteiger partial charge in [-0.05, 0) is 37.3 Å². The SMILES string of the molecule is C=CCOc1c(/C=C2\C(=O)N(c3ccc(Cl)c(C(=O)O)c3)N=C2C)cccc1OC. The Hall–Kier alpha value is -3.58. The fourth-order valence-corrected chi connectivity index (χ4v) is 3.13. The topological polar surface area (TPSA) is 88.4 Å². The third kappa shape index (κ3) is 4.06. The zero-order valence-corrected chi connectivity index (χ0v) is 17.1. The molecule has 0 aliphatic carbocycles. The predicted molar refractivity (Wildman–Crippen MR) is 116 cm³/mol. The average molecular weight is 427 g/mol. The van der Waals surface area contributed by atoms with Crippen molar-refractivity contribution >= 4 is 41.0 Å². The number of aromatic carboxylic acids is 1. The van der Waals surface area contributed by atoms with Crippen molar-refractivity contribution < 1.29 is 24.2 Å². The molecule has 0 bridgehead atoms. The first-order chi connectivity index (χ1) is 14.4. The summed E-state index contributed by atoms with van der Waals surface area (Å²) in [6.07, 6.45) is 3.27. The van der Waals surface area contributed by atoms with Crippen LogP contribution in [0.25, 0.3) is 6.08 Å². The van der Waals surface area contributed by atoms with E-state index in [1.807, 2.05) is 0 Å². The van der Waals surface area contributed by atoms with Gasteiger partial charge in [-0.25, -0.2) is 4.79 Å². The average Bonchev–Trinajstić information content (AvgIpc) is 3.01. The minimum atomic E-state index is -1.19. The zero-order valence-electron chi connectivity index (χ0n) is 16.4. The van der Waals surface area contributed by atoms with Crippen LogP contribution in [0.15, 0.2) is 59.7 Å². The lowest BCUT2D eigenvalue weighted by Crippen LogP contribution is -2.21. The number of halogens is 1. The molecule has 0 saturated carbocycles. The van der Waals surface area contributed by atoms with Crippen molar-refractivity contribution in [3.8, 4) is 11.5 Å². The monoisotopic (exact) mass is 426 g/mol. The number of hydrogen-bond donors (Lipinski definition) is 1. The Bertz CT molecular complexity index is 1090. The molecule has 0 unspecified atom stereocenters. The van der Waals surface area contributed by atoms with E-state index in [0.29, 0.717) is 34.0 Å². The molecular formula is C22H19ClN2O5. The Kier molecular flexibility index (Phi) is 6.23. The number of carbonyl (C=O) groups excluding carboxylic acids is 1. The molecule has 1 heterocycles. The highest BCUT2D eigenvalue weighted by molar-refractivity contribution is 6.34. The highest BCUT2D eigenvalue weighted by atomic mass is 35.5. The Morgan fingerprint density at radius 3 is 2.77 bits per heavy atom. The smallest absolute Gasteiger partial charge is 0.337 e. The standard InChI is InChI=1S/C22H19ClN2O5/c1-4-10-30-20-14(6-5-7-19(20)29-3)11-16-13(2)24-25(21(16)26)15-8-9-18(23)17(12-15)22(27)28/h4-9,11-12H,1,10H2,2-3H3,(H,27,28)/b16-11-. The highest BCUT2D eigenvalue weighted by Crippen LogP contribution is 2.34. The largest absolute Gasteiger partial charge is 0.493 e. The number of benzene rings is 2. The Morgan fingerprint density at radius 2 is 2.10 bits per heavy atom. The van der Waals surface area contributed by atoms with Gasteiger partial charge in [-0.1, -0.05) is 36.4 Å². The first-order valence-electron chi connectivity index (χ1n) is 8.92. The number of hydrogen-bond acceptors (Lipinski definition) is 5. The third-order valence-electron chi connectivity index (χ3n) is 4.36. The fraction of sp³-hybridized carbons (Fsp3) is 0.136. The summed E-state index contributed by atoms with van der Waals surface area (Å²) in [5.74, 6) is -0.591. The van der Waals surface area contributed by atoms with E-state index in [9.17, 15) is 14.7 Å². The number of rotatable bonds is 7. The van der Waals surface area contributed by atoms with E-state index in [4.69, 9.17) is 21.1 Å². The van der Waals surface area contributed by atoms with Crippen molar-refractivity contribution in [3.05, 3.63) is 70.8 Å². The van der Waals surface area contributed by atoms with Gasteiger partial charge in [-0.2, -0.15) is 10.1 Å². The Balaban J connectivity index is 2.01. The minimum absolute atomic E-state index is 0.0785. The van der Waals surface area contributed by atoms with Crippen LogP contribution in [0.2, 0.25) is 5.02 Å². The second-order valence-corrected chi connectivity index (χ2v) is 6.72. The van der Waals surface area contributed by atoms with Gasteiger partial charge >= 0.3 is 5.97 Å². The van der Waals surface area contributed by atoms with Gasteiger partial charge < -0.3 is 14.6 Å². The molecule has 0 saturated heterocycles. The number of carboxylic acid groups (broad SMARTS) is 1. The van der Waals surface area contributed by atoms with Gasteiger partial charge in [0.1, 0.15) is 6.61 Å². The Morgan fingerprint density at radius 1 is 1.33 bits per heavy atom. The molecule has 1 aliphatic rings. The number of nitrogens with zero attached hydrogens (tertiary/aromatic N) is 2. The fourth-order valence-electron chi connectivity index (χ4n) is 2.93. The van der Waals surface area contributed by atoms with E-state index in [-0.39, 0.29) is 17.2 Å². The van der Waals surface area contributed by atoms with Crippen LogP contribution < -0.4 is 14.5 Å². The number of hydrazone groups is 1. The second-order valence-electron chi connectivity index (χ2n) is 6.31. The molecule has 0 fully saturated rings. The van der Waals surface area contributed by atoms with Crippen molar-refractivity contribution in [2.75, 3.05) is 18.7 Å². The number of methoxy groups -OCH3 is 1. The maximum absolute atomic E-state index is 13.0. The number of para-hydroxylation sites is 1. The molecule has 30 heavy (non-hydrogen) atoms. The molecule has 3 rings (SSSR count).